The van der Waals surface area contributed by atoms with E-state index in [-0.39, 0.29) is 22.2 Å². The van der Waals surface area contributed by atoms with Crippen LogP contribution in [0, 0.1) is 6.92 Å². The van der Waals surface area contributed by atoms with Crippen LogP contribution in [0.3, 0.4) is 0 Å². The highest BCUT2D eigenvalue weighted by atomic mass is 32.1. The number of fused-ring (bicyclic) bond motifs is 1. The summed E-state index contributed by atoms with van der Waals surface area (Å²) in [6.07, 6.45) is 0. The Balaban J connectivity index is 1.94. The molecule has 26 heavy (non-hydrogen) atoms. The van der Waals surface area contributed by atoms with Crippen LogP contribution in [0.15, 0.2) is 18.2 Å². The number of benzene rings is 1. The van der Waals surface area contributed by atoms with Crippen molar-refractivity contribution in [2.24, 2.45) is 0 Å². The number of hydrogen-bond acceptors (Lipinski definition) is 8. The van der Waals surface area contributed by atoms with E-state index in [0.29, 0.717) is 22.6 Å². The third kappa shape index (κ3) is 3.08. The van der Waals surface area contributed by atoms with Gasteiger partial charge in [-0.1, -0.05) is 0 Å². The third-order valence-corrected chi connectivity index (χ3v) is 4.96. The predicted octanol–water partition coefficient (Wildman–Crippen LogP) is 2.61. The predicted molar refractivity (Wildman–Crippen MR) is 92.3 cm³/mol. The van der Waals surface area contributed by atoms with E-state index in [1.807, 2.05) is 0 Å². The average Bonchev–Trinajstić information content (AvgIpc) is 3.24. The number of amides is 1. The molecule has 0 unspecified atom stereocenters. The lowest BCUT2D eigenvalue weighted by molar-refractivity contribution is 0.0601. The maximum absolute atomic E-state index is 12.6. The van der Waals surface area contributed by atoms with Crippen molar-refractivity contribution in [3.05, 3.63) is 39.8 Å². The average molecular weight is 377 g/mol. The maximum Gasteiger partial charge on any atom is 0.348 e. The fourth-order valence-corrected chi connectivity index (χ4v) is 3.56. The largest absolute Gasteiger partial charge is 0.465 e. The summed E-state index contributed by atoms with van der Waals surface area (Å²) in [4.78, 5) is 36.8. The van der Waals surface area contributed by atoms with Crippen molar-refractivity contribution in [1.82, 2.24) is 0 Å². The molecule has 3 rings (SSSR count). The minimum atomic E-state index is -0.658. The molecule has 0 atom stereocenters. The molecule has 2 heterocycles. The number of rotatable bonds is 4. The van der Waals surface area contributed by atoms with E-state index in [4.69, 9.17) is 18.9 Å². The molecule has 0 bridgehead atoms. The van der Waals surface area contributed by atoms with Crippen molar-refractivity contribution < 1.29 is 33.3 Å². The zero-order chi connectivity index (χ0) is 18.8. The SMILES string of the molecule is COC(=O)c1sc(NC(=O)c2ccc3c(c2)OCO3)c(C(=O)OC)c1C. The molecule has 136 valence electrons. The van der Waals surface area contributed by atoms with Crippen molar-refractivity contribution >= 4 is 34.2 Å². The fraction of sp³-hybridized carbons (Fsp3) is 0.235. The van der Waals surface area contributed by atoms with Gasteiger partial charge in [0.15, 0.2) is 11.5 Å². The number of anilines is 1. The van der Waals surface area contributed by atoms with E-state index >= 15 is 0 Å². The van der Waals surface area contributed by atoms with Crippen molar-refractivity contribution in [3.63, 3.8) is 0 Å². The van der Waals surface area contributed by atoms with E-state index in [1.165, 1.54) is 20.3 Å². The summed E-state index contributed by atoms with van der Waals surface area (Å²) >= 11 is 0.948. The van der Waals surface area contributed by atoms with Crippen LogP contribution >= 0.6 is 11.3 Å². The van der Waals surface area contributed by atoms with Crippen molar-refractivity contribution in [2.45, 2.75) is 6.92 Å². The summed E-state index contributed by atoms with van der Waals surface area (Å²) < 4.78 is 19.9. The Labute approximate surface area is 152 Å². The highest BCUT2D eigenvalue weighted by molar-refractivity contribution is 7.18. The number of esters is 2. The van der Waals surface area contributed by atoms with Gasteiger partial charge in [0.1, 0.15) is 9.88 Å². The maximum atomic E-state index is 12.6. The van der Waals surface area contributed by atoms with Crippen molar-refractivity contribution in [3.8, 4) is 11.5 Å². The van der Waals surface area contributed by atoms with Gasteiger partial charge in [-0.15, -0.1) is 11.3 Å². The van der Waals surface area contributed by atoms with Crippen LogP contribution in [-0.4, -0.2) is 38.9 Å². The van der Waals surface area contributed by atoms with Gasteiger partial charge >= 0.3 is 11.9 Å². The Kier molecular flexibility index (Phi) is 4.81. The first-order valence-corrected chi connectivity index (χ1v) is 8.29. The van der Waals surface area contributed by atoms with Gasteiger partial charge in [0, 0.05) is 5.56 Å². The molecule has 1 aromatic heterocycles. The molecule has 0 saturated carbocycles. The standard InChI is InChI=1S/C17H15NO7S/c1-8-12(16(20)22-2)15(26-13(8)17(21)23-3)18-14(19)9-4-5-10-11(6-9)25-7-24-10/h4-6H,7H2,1-3H3,(H,18,19). The molecule has 1 aliphatic heterocycles. The zero-order valence-electron chi connectivity index (χ0n) is 14.2. The van der Waals surface area contributed by atoms with Crippen LogP contribution in [0.25, 0.3) is 0 Å². The Morgan fingerprint density at radius 3 is 2.46 bits per heavy atom. The van der Waals surface area contributed by atoms with E-state index in [1.54, 1.807) is 19.1 Å². The van der Waals surface area contributed by atoms with E-state index in [2.05, 4.69) is 5.32 Å². The van der Waals surface area contributed by atoms with Crippen LogP contribution in [0.2, 0.25) is 0 Å². The molecule has 9 heteroatoms. The summed E-state index contributed by atoms with van der Waals surface area (Å²) in [7, 11) is 2.46. The van der Waals surface area contributed by atoms with E-state index < -0.39 is 17.8 Å². The number of nitrogens with one attached hydrogen (secondary N) is 1. The van der Waals surface area contributed by atoms with Gasteiger partial charge in [-0.2, -0.15) is 0 Å². The second kappa shape index (κ2) is 7.04. The highest BCUT2D eigenvalue weighted by Crippen LogP contribution is 2.36. The number of carbonyl (C=O) groups is 3. The first-order chi connectivity index (χ1) is 12.5. The van der Waals surface area contributed by atoms with Crippen molar-refractivity contribution in [1.29, 1.82) is 0 Å². The molecule has 0 fully saturated rings. The lowest BCUT2D eigenvalue weighted by Gasteiger charge is -2.07. The van der Waals surface area contributed by atoms with Gasteiger partial charge in [-0.3, -0.25) is 4.79 Å². The first-order valence-electron chi connectivity index (χ1n) is 7.47. The summed E-state index contributed by atoms with van der Waals surface area (Å²) in [6, 6.07) is 4.73. The molecule has 8 nitrogen and oxygen atoms in total. The Morgan fingerprint density at radius 1 is 1.08 bits per heavy atom. The molecule has 0 radical (unpaired) electrons. The molecule has 1 N–H and O–H groups in total. The monoisotopic (exact) mass is 377 g/mol. The number of hydrogen-bond donors (Lipinski definition) is 1. The van der Waals surface area contributed by atoms with Gasteiger partial charge in [0.2, 0.25) is 6.79 Å². The summed E-state index contributed by atoms with van der Waals surface area (Å²) in [5, 5.41) is 2.85. The number of methoxy groups -OCH3 is 2. The van der Waals surface area contributed by atoms with Gasteiger partial charge < -0.3 is 24.3 Å². The third-order valence-electron chi connectivity index (χ3n) is 3.77. The Bertz CT molecular complexity index is 903. The molecule has 1 aromatic carbocycles. The highest BCUT2D eigenvalue weighted by Gasteiger charge is 2.27. The normalized spacial score (nSPS) is 11.8. The number of ether oxygens (including phenoxy) is 4. The summed E-state index contributed by atoms with van der Waals surface area (Å²) in [5.41, 5.74) is 0.817. The van der Waals surface area contributed by atoms with Gasteiger partial charge in [0.05, 0.1) is 19.8 Å². The molecular formula is C17H15NO7S. The molecular weight excluding hydrogens is 362 g/mol. The lowest BCUT2D eigenvalue weighted by atomic mass is 10.1. The number of carbonyl (C=O) groups excluding carboxylic acids is 3. The molecule has 1 aliphatic rings. The topological polar surface area (TPSA) is 100 Å². The summed E-state index contributed by atoms with van der Waals surface area (Å²) in [6.45, 7) is 1.69. The molecule has 0 aliphatic carbocycles. The van der Waals surface area contributed by atoms with Crippen LogP contribution in [-0.2, 0) is 9.47 Å². The summed E-state index contributed by atoms with van der Waals surface area (Å²) in [5.74, 6) is -0.706. The lowest BCUT2D eigenvalue weighted by Crippen LogP contribution is -2.14. The van der Waals surface area contributed by atoms with Crippen molar-refractivity contribution in [2.75, 3.05) is 26.3 Å². The van der Waals surface area contributed by atoms with Crippen LogP contribution in [0.1, 0.15) is 36.0 Å². The zero-order valence-corrected chi connectivity index (χ0v) is 15.0. The molecule has 0 saturated heterocycles. The smallest absolute Gasteiger partial charge is 0.348 e. The minimum Gasteiger partial charge on any atom is -0.465 e. The fourth-order valence-electron chi connectivity index (χ4n) is 2.45. The van der Waals surface area contributed by atoms with E-state index in [0.717, 1.165) is 11.3 Å². The Hall–Kier alpha value is -3.07. The second-order valence-electron chi connectivity index (χ2n) is 5.27. The molecule has 2 aromatic rings. The van der Waals surface area contributed by atoms with Gasteiger partial charge in [-0.25, -0.2) is 9.59 Å². The first kappa shape index (κ1) is 17.7. The van der Waals surface area contributed by atoms with Crippen LogP contribution in [0.4, 0.5) is 5.00 Å². The number of thiophene rings is 1. The van der Waals surface area contributed by atoms with Crippen LogP contribution in [0.5, 0.6) is 11.5 Å². The van der Waals surface area contributed by atoms with Crippen LogP contribution < -0.4 is 14.8 Å². The quantitative estimate of drug-likeness (QED) is 0.818. The molecule has 1 amide bonds. The Morgan fingerprint density at radius 2 is 1.77 bits per heavy atom. The minimum absolute atomic E-state index is 0.0967. The molecule has 0 spiro atoms. The van der Waals surface area contributed by atoms with Gasteiger partial charge in [-0.05, 0) is 30.7 Å². The second-order valence-corrected chi connectivity index (χ2v) is 6.29. The van der Waals surface area contributed by atoms with Gasteiger partial charge in [0.25, 0.3) is 5.91 Å². The van der Waals surface area contributed by atoms with E-state index in [9.17, 15) is 14.4 Å².